The number of nitrogens with zero attached hydrogens (tertiary/aromatic N) is 1. The van der Waals surface area contributed by atoms with Crippen LogP contribution in [0.4, 0.5) is 13.2 Å². The van der Waals surface area contributed by atoms with Crippen molar-refractivity contribution in [2.24, 2.45) is 5.73 Å². The summed E-state index contributed by atoms with van der Waals surface area (Å²) in [7, 11) is 0. The van der Waals surface area contributed by atoms with E-state index in [2.05, 4.69) is 15.0 Å². The fraction of sp³-hybridized carbons (Fsp3) is 0.290. The number of likely N-dealkylation sites (tertiary alicyclic amines) is 1. The van der Waals surface area contributed by atoms with E-state index in [1.807, 2.05) is 30.5 Å². The van der Waals surface area contributed by atoms with E-state index >= 15 is 0 Å². The molecule has 1 fully saturated rings. The molecule has 2 heterocycles. The summed E-state index contributed by atoms with van der Waals surface area (Å²) in [4.78, 5) is 31.3. The number of rotatable bonds is 8. The van der Waals surface area contributed by atoms with Crippen LogP contribution < -0.4 is 15.8 Å². The second-order valence-electron chi connectivity index (χ2n) is 10.3. The van der Waals surface area contributed by atoms with E-state index in [4.69, 9.17) is 17.3 Å². The molecule has 0 spiro atoms. The van der Waals surface area contributed by atoms with Crippen molar-refractivity contribution in [2.75, 3.05) is 19.6 Å². The predicted molar refractivity (Wildman–Crippen MR) is 156 cm³/mol. The third-order valence-corrected chi connectivity index (χ3v) is 7.70. The van der Waals surface area contributed by atoms with Crippen molar-refractivity contribution in [3.8, 4) is 16.9 Å². The highest BCUT2D eigenvalue weighted by molar-refractivity contribution is 6.34. The highest BCUT2D eigenvalue weighted by Crippen LogP contribution is 2.33. The molecule has 11 heteroatoms. The average molecular weight is 599 g/mol. The number of carbonyl (C=O) groups is 2. The fourth-order valence-corrected chi connectivity index (χ4v) is 5.52. The maximum atomic E-state index is 13.4. The van der Waals surface area contributed by atoms with Crippen LogP contribution in [-0.4, -0.2) is 53.7 Å². The quantitative estimate of drug-likeness (QED) is 0.221. The summed E-state index contributed by atoms with van der Waals surface area (Å²) in [6.45, 7) is 1.39. The third kappa shape index (κ3) is 6.71. The molecule has 42 heavy (non-hydrogen) atoms. The highest BCUT2D eigenvalue weighted by Gasteiger charge is 2.33. The van der Waals surface area contributed by atoms with E-state index in [-0.39, 0.29) is 23.0 Å². The zero-order valence-electron chi connectivity index (χ0n) is 22.6. The molecule has 3 aromatic carbocycles. The van der Waals surface area contributed by atoms with Crippen molar-refractivity contribution in [1.29, 1.82) is 0 Å². The molecule has 7 nitrogen and oxygen atoms in total. The van der Waals surface area contributed by atoms with Crippen LogP contribution in [0.15, 0.2) is 66.9 Å². The Morgan fingerprint density at radius 1 is 1.00 bits per heavy atom. The second-order valence-corrected chi connectivity index (χ2v) is 10.7. The number of benzene rings is 3. The molecular weight excluding hydrogens is 569 g/mol. The van der Waals surface area contributed by atoms with Crippen LogP contribution in [0, 0.1) is 0 Å². The number of piperidine rings is 1. The van der Waals surface area contributed by atoms with Crippen LogP contribution >= 0.6 is 11.6 Å². The van der Waals surface area contributed by atoms with E-state index in [9.17, 15) is 22.8 Å². The molecule has 0 radical (unpaired) electrons. The van der Waals surface area contributed by atoms with E-state index in [1.165, 1.54) is 12.1 Å². The number of alkyl halides is 3. The van der Waals surface area contributed by atoms with Crippen LogP contribution in [0.2, 0.25) is 5.02 Å². The number of ether oxygens (including phenoxy) is 1. The molecule has 1 saturated heterocycles. The summed E-state index contributed by atoms with van der Waals surface area (Å²) < 4.78 is 43.9. The number of halogens is 4. The molecular formula is C31H30ClF3N4O3. The number of nitrogens with two attached hydrogens (primary N) is 1. The average Bonchev–Trinajstić information content (AvgIpc) is 3.39. The Balaban J connectivity index is 1.41. The van der Waals surface area contributed by atoms with Crippen LogP contribution in [0.5, 0.6) is 5.75 Å². The van der Waals surface area contributed by atoms with E-state index < -0.39 is 24.1 Å². The Bertz CT molecular complexity index is 1600. The van der Waals surface area contributed by atoms with E-state index in [0.717, 1.165) is 41.8 Å². The van der Waals surface area contributed by atoms with Gasteiger partial charge in [-0.15, -0.1) is 13.2 Å². The van der Waals surface area contributed by atoms with Gasteiger partial charge in [0.1, 0.15) is 5.75 Å². The molecule has 1 atom stereocenters. The molecule has 0 aliphatic carbocycles. The molecule has 1 aromatic heterocycles. The lowest BCUT2D eigenvalue weighted by Gasteiger charge is -2.27. The second kappa shape index (κ2) is 12.5. The maximum Gasteiger partial charge on any atom is 0.573 e. The van der Waals surface area contributed by atoms with Gasteiger partial charge in [-0.05, 0) is 72.7 Å². The molecule has 4 aromatic rings. The lowest BCUT2D eigenvalue weighted by Crippen LogP contribution is -2.42. The molecule has 220 valence electrons. The lowest BCUT2D eigenvalue weighted by molar-refractivity contribution is -0.274. The summed E-state index contributed by atoms with van der Waals surface area (Å²) in [5.74, 6) is -1.58. The zero-order valence-corrected chi connectivity index (χ0v) is 23.4. The van der Waals surface area contributed by atoms with Crippen LogP contribution in [0.1, 0.15) is 45.5 Å². The Kier molecular flexibility index (Phi) is 8.74. The van der Waals surface area contributed by atoms with Crippen molar-refractivity contribution in [2.45, 2.75) is 38.1 Å². The number of aromatic amines is 1. The molecule has 1 aliphatic rings. The molecule has 5 rings (SSSR count). The van der Waals surface area contributed by atoms with Gasteiger partial charge in [-0.1, -0.05) is 41.9 Å². The van der Waals surface area contributed by atoms with Gasteiger partial charge in [-0.25, -0.2) is 0 Å². The van der Waals surface area contributed by atoms with Crippen LogP contribution in [0.3, 0.4) is 0 Å². The molecule has 0 bridgehead atoms. The Morgan fingerprint density at radius 2 is 1.71 bits per heavy atom. The predicted octanol–water partition coefficient (Wildman–Crippen LogP) is 6.31. The minimum Gasteiger partial charge on any atom is -0.405 e. The fourth-order valence-electron chi connectivity index (χ4n) is 5.26. The van der Waals surface area contributed by atoms with Gasteiger partial charge in [0, 0.05) is 42.8 Å². The molecule has 4 N–H and O–H groups in total. The highest BCUT2D eigenvalue weighted by atomic mass is 35.5. The van der Waals surface area contributed by atoms with Crippen LogP contribution in [-0.2, 0) is 6.42 Å². The van der Waals surface area contributed by atoms with Gasteiger partial charge in [0.05, 0.1) is 16.1 Å². The third-order valence-electron chi connectivity index (χ3n) is 7.39. The van der Waals surface area contributed by atoms with Crippen molar-refractivity contribution >= 4 is 34.3 Å². The normalized spacial score (nSPS) is 14.5. The number of amides is 2. The first-order chi connectivity index (χ1) is 20.1. The van der Waals surface area contributed by atoms with Gasteiger partial charge >= 0.3 is 6.36 Å². The number of aromatic nitrogens is 1. The lowest BCUT2D eigenvalue weighted by atomic mass is 9.99. The summed E-state index contributed by atoms with van der Waals surface area (Å²) in [5, 5.41) is 3.94. The Hall–Kier alpha value is -4.02. The number of hydrogen-bond acceptors (Lipinski definition) is 4. The SMILES string of the molecule is NCC(Cc1c[nH]c2ccccc12)NC(=O)c1cc(-c2ccc(C(=O)N3CCCCC3)c(Cl)c2)ccc1OC(F)(F)F. The zero-order chi connectivity index (χ0) is 29.9. The van der Waals surface area contributed by atoms with Gasteiger partial charge < -0.3 is 25.7 Å². The van der Waals surface area contributed by atoms with E-state index in [0.29, 0.717) is 36.2 Å². The Labute approximate surface area is 245 Å². The van der Waals surface area contributed by atoms with Crippen molar-refractivity contribution in [3.05, 3.63) is 88.6 Å². The number of nitrogens with one attached hydrogen (secondary N) is 2. The minimum atomic E-state index is -5.01. The first-order valence-corrected chi connectivity index (χ1v) is 14.1. The molecule has 1 aliphatic heterocycles. The summed E-state index contributed by atoms with van der Waals surface area (Å²) >= 11 is 6.49. The molecule has 2 amide bonds. The maximum absolute atomic E-state index is 13.4. The monoisotopic (exact) mass is 598 g/mol. The minimum absolute atomic E-state index is 0.0581. The molecule has 1 unspecified atom stereocenters. The topological polar surface area (TPSA) is 100 Å². The van der Waals surface area contributed by atoms with E-state index in [1.54, 1.807) is 23.1 Å². The van der Waals surface area contributed by atoms with Crippen molar-refractivity contribution < 1.29 is 27.5 Å². The standard InChI is InChI=1S/C31H30ClF3N4O3/c32-26-16-20(8-10-24(26)30(41)39-12-4-1-5-13-39)19-9-11-28(42-31(33,34)35)25(15-19)29(40)38-22(17-36)14-21-18-37-27-7-3-2-6-23(21)27/h2-3,6-11,15-16,18,22,37H,1,4-5,12-14,17,36H2,(H,38,40). The largest absolute Gasteiger partial charge is 0.573 e. The van der Waals surface area contributed by atoms with Gasteiger partial charge in [0.15, 0.2) is 0 Å². The Morgan fingerprint density at radius 3 is 2.43 bits per heavy atom. The number of carbonyl (C=O) groups excluding carboxylic acids is 2. The van der Waals surface area contributed by atoms with Gasteiger partial charge in [-0.2, -0.15) is 0 Å². The van der Waals surface area contributed by atoms with Crippen LogP contribution in [0.25, 0.3) is 22.0 Å². The first kappa shape index (κ1) is 29.5. The number of H-pyrrole nitrogens is 1. The molecule has 0 saturated carbocycles. The first-order valence-electron chi connectivity index (χ1n) is 13.7. The number of hydrogen-bond donors (Lipinski definition) is 3. The smallest absolute Gasteiger partial charge is 0.405 e. The van der Waals surface area contributed by atoms with Crippen molar-refractivity contribution in [3.63, 3.8) is 0 Å². The van der Waals surface area contributed by atoms with Gasteiger partial charge in [0.25, 0.3) is 11.8 Å². The number of para-hydroxylation sites is 1. The number of fused-ring (bicyclic) bond motifs is 1. The van der Waals surface area contributed by atoms with Gasteiger partial charge in [0.2, 0.25) is 0 Å². The summed E-state index contributed by atoms with van der Waals surface area (Å²) in [6, 6.07) is 15.7. The summed E-state index contributed by atoms with van der Waals surface area (Å²) in [5.41, 5.74) is 8.77. The van der Waals surface area contributed by atoms with Crippen molar-refractivity contribution in [1.82, 2.24) is 15.2 Å². The summed E-state index contributed by atoms with van der Waals surface area (Å²) in [6.07, 6.45) is 0.130. The van der Waals surface area contributed by atoms with Gasteiger partial charge in [-0.3, -0.25) is 9.59 Å².